The number of fused-ring (bicyclic) bond motifs is 1. The van der Waals surface area contributed by atoms with Crippen LogP contribution in [-0.4, -0.2) is 17.4 Å². The van der Waals surface area contributed by atoms with Gasteiger partial charge in [-0.3, -0.25) is 4.79 Å². The number of pyridine rings is 1. The van der Waals surface area contributed by atoms with E-state index in [-0.39, 0.29) is 5.91 Å². The monoisotopic (exact) mass is 388 g/mol. The van der Waals surface area contributed by atoms with E-state index in [0.717, 1.165) is 46.3 Å². The third-order valence-corrected chi connectivity index (χ3v) is 5.50. The first kappa shape index (κ1) is 21.0. The summed E-state index contributed by atoms with van der Waals surface area (Å²) in [6.45, 7) is 7.03. The Morgan fingerprint density at radius 2 is 1.59 bits per heavy atom. The van der Waals surface area contributed by atoms with Crippen molar-refractivity contribution in [3.8, 4) is 11.3 Å². The molecule has 0 radical (unpaired) electrons. The molecule has 1 N–H and O–H groups in total. The molecule has 0 bridgehead atoms. The van der Waals surface area contributed by atoms with Gasteiger partial charge in [0.05, 0.1) is 16.8 Å². The number of nitrogens with zero attached hydrogens (tertiary/aromatic N) is 1. The molecule has 3 rings (SSSR count). The molecule has 3 nitrogen and oxygen atoms in total. The van der Waals surface area contributed by atoms with Crippen molar-refractivity contribution in [2.24, 2.45) is 0 Å². The van der Waals surface area contributed by atoms with Crippen molar-refractivity contribution in [3.05, 3.63) is 65.2 Å². The number of aromatic nitrogens is 1. The highest BCUT2D eigenvalue weighted by molar-refractivity contribution is 6.08. The number of nitrogens with one attached hydrogen (secondary N) is 1. The summed E-state index contributed by atoms with van der Waals surface area (Å²) in [5.41, 5.74) is 5.69. The van der Waals surface area contributed by atoms with Gasteiger partial charge in [-0.05, 0) is 31.9 Å². The Hall–Kier alpha value is -2.68. The largest absolute Gasteiger partial charge is 0.352 e. The molecule has 0 saturated heterocycles. The Labute approximate surface area is 174 Å². The molecule has 0 saturated carbocycles. The molecule has 152 valence electrons. The van der Waals surface area contributed by atoms with Gasteiger partial charge in [0, 0.05) is 17.5 Å². The summed E-state index contributed by atoms with van der Waals surface area (Å²) in [6, 6.07) is 16.3. The topological polar surface area (TPSA) is 42.0 Å². The van der Waals surface area contributed by atoms with Crippen molar-refractivity contribution in [3.63, 3.8) is 0 Å². The van der Waals surface area contributed by atoms with Gasteiger partial charge in [0.2, 0.25) is 0 Å². The molecular formula is C26H32N2O. The minimum Gasteiger partial charge on any atom is -0.352 e. The SMILES string of the molecule is CCCCCCCCNC(=O)c1c(C)c(-c2ccc(C)cc2)nc2ccccc12. The highest BCUT2D eigenvalue weighted by Gasteiger charge is 2.18. The molecule has 3 aromatic rings. The van der Waals surface area contributed by atoms with E-state index in [4.69, 9.17) is 4.98 Å². The van der Waals surface area contributed by atoms with Gasteiger partial charge in [-0.25, -0.2) is 4.98 Å². The van der Waals surface area contributed by atoms with Crippen molar-refractivity contribution >= 4 is 16.8 Å². The number of amides is 1. The fourth-order valence-corrected chi connectivity index (χ4v) is 3.79. The lowest BCUT2D eigenvalue weighted by atomic mass is 9.96. The zero-order chi connectivity index (χ0) is 20.6. The summed E-state index contributed by atoms with van der Waals surface area (Å²) in [6.07, 6.45) is 7.30. The summed E-state index contributed by atoms with van der Waals surface area (Å²) >= 11 is 0. The number of aryl methyl sites for hydroxylation is 1. The van der Waals surface area contributed by atoms with Crippen LogP contribution in [0.1, 0.15) is 66.9 Å². The van der Waals surface area contributed by atoms with Crippen molar-refractivity contribution in [1.82, 2.24) is 10.3 Å². The molecule has 2 aromatic carbocycles. The molecule has 0 unspecified atom stereocenters. The van der Waals surface area contributed by atoms with E-state index in [2.05, 4.69) is 43.4 Å². The van der Waals surface area contributed by atoms with E-state index < -0.39 is 0 Å². The Bertz CT molecular complexity index is 960. The molecule has 1 heterocycles. The van der Waals surface area contributed by atoms with Crippen molar-refractivity contribution in [2.45, 2.75) is 59.3 Å². The predicted molar refractivity (Wildman–Crippen MR) is 122 cm³/mol. The van der Waals surface area contributed by atoms with Crippen LogP contribution in [0.3, 0.4) is 0 Å². The lowest BCUT2D eigenvalue weighted by Gasteiger charge is -2.15. The maximum Gasteiger partial charge on any atom is 0.252 e. The van der Waals surface area contributed by atoms with Crippen LogP contribution in [0.25, 0.3) is 22.2 Å². The van der Waals surface area contributed by atoms with Crippen molar-refractivity contribution in [2.75, 3.05) is 6.54 Å². The fourth-order valence-electron chi connectivity index (χ4n) is 3.79. The number of carbonyl (C=O) groups is 1. The Kier molecular flexibility index (Phi) is 7.40. The third kappa shape index (κ3) is 5.23. The molecular weight excluding hydrogens is 356 g/mol. The lowest BCUT2D eigenvalue weighted by molar-refractivity contribution is 0.0954. The van der Waals surface area contributed by atoms with E-state index in [1.807, 2.05) is 31.2 Å². The van der Waals surface area contributed by atoms with Crippen LogP contribution in [0.2, 0.25) is 0 Å². The van der Waals surface area contributed by atoms with Gasteiger partial charge >= 0.3 is 0 Å². The fraction of sp³-hybridized carbons (Fsp3) is 0.385. The van der Waals surface area contributed by atoms with Crippen LogP contribution < -0.4 is 5.32 Å². The predicted octanol–water partition coefficient (Wildman–Crippen LogP) is 6.61. The molecule has 0 aliphatic rings. The molecule has 0 aliphatic heterocycles. The Balaban J connectivity index is 1.83. The molecule has 0 aliphatic carbocycles. The quantitative estimate of drug-likeness (QED) is 0.419. The summed E-state index contributed by atoms with van der Waals surface area (Å²) in [4.78, 5) is 18.0. The van der Waals surface area contributed by atoms with Gasteiger partial charge in [0.1, 0.15) is 0 Å². The molecule has 0 fully saturated rings. The van der Waals surface area contributed by atoms with Crippen LogP contribution in [0, 0.1) is 13.8 Å². The standard InChI is InChI=1S/C26H32N2O/c1-4-5-6-7-8-11-18-27-26(29)24-20(3)25(21-16-14-19(2)15-17-21)28-23-13-10-9-12-22(23)24/h9-10,12-17H,4-8,11,18H2,1-3H3,(H,27,29). The lowest BCUT2D eigenvalue weighted by Crippen LogP contribution is -2.26. The highest BCUT2D eigenvalue weighted by Crippen LogP contribution is 2.29. The Morgan fingerprint density at radius 3 is 2.34 bits per heavy atom. The highest BCUT2D eigenvalue weighted by atomic mass is 16.1. The van der Waals surface area contributed by atoms with Crippen LogP contribution in [0.4, 0.5) is 0 Å². The molecule has 0 spiro atoms. The van der Waals surface area contributed by atoms with Crippen molar-refractivity contribution in [1.29, 1.82) is 0 Å². The molecule has 0 atom stereocenters. The number of rotatable bonds is 9. The van der Waals surface area contributed by atoms with Crippen LogP contribution >= 0.6 is 0 Å². The first-order valence-electron chi connectivity index (χ1n) is 10.9. The van der Waals surface area contributed by atoms with Crippen LogP contribution in [0.5, 0.6) is 0 Å². The number of hydrogen-bond donors (Lipinski definition) is 1. The van der Waals surface area contributed by atoms with Crippen molar-refractivity contribution < 1.29 is 4.79 Å². The first-order valence-corrected chi connectivity index (χ1v) is 10.9. The normalized spacial score (nSPS) is 11.0. The van der Waals surface area contributed by atoms with Gasteiger partial charge in [0.25, 0.3) is 5.91 Å². The summed E-state index contributed by atoms with van der Waals surface area (Å²) in [5, 5.41) is 4.06. The van der Waals surface area contributed by atoms with Gasteiger partial charge < -0.3 is 5.32 Å². The molecule has 1 aromatic heterocycles. The molecule has 1 amide bonds. The Morgan fingerprint density at radius 1 is 0.897 bits per heavy atom. The second-order valence-corrected chi connectivity index (χ2v) is 7.87. The van der Waals surface area contributed by atoms with Gasteiger partial charge in [-0.1, -0.05) is 87.1 Å². The van der Waals surface area contributed by atoms with E-state index >= 15 is 0 Å². The van der Waals surface area contributed by atoms with Gasteiger partial charge in [0.15, 0.2) is 0 Å². The average Bonchev–Trinajstić information content (AvgIpc) is 2.73. The van der Waals surface area contributed by atoms with E-state index in [1.54, 1.807) is 0 Å². The summed E-state index contributed by atoms with van der Waals surface area (Å²) < 4.78 is 0. The van der Waals surface area contributed by atoms with E-state index in [0.29, 0.717) is 0 Å². The maximum atomic E-state index is 13.1. The van der Waals surface area contributed by atoms with Crippen LogP contribution in [-0.2, 0) is 0 Å². The molecule has 3 heteroatoms. The first-order chi connectivity index (χ1) is 14.1. The number of unbranched alkanes of at least 4 members (excludes halogenated alkanes) is 5. The summed E-state index contributed by atoms with van der Waals surface area (Å²) in [7, 11) is 0. The zero-order valence-corrected chi connectivity index (χ0v) is 17.9. The number of para-hydroxylation sites is 1. The summed E-state index contributed by atoms with van der Waals surface area (Å²) in [5.74, 6) is 0.00280. The minimum absolute atomic E-state index is 0.00280. The zero-order valence-electron chi connectivity index (χ0n) is 17.9. The van der Waals surface area contributed by atoms with Gasteiger partial charge in [-0.15, -0.1) is 0 Å². The smallest absolute Gasteiger partial charge is 0.252 e. The number of hydrogen-bond acceptors (Lipinski definition) is 2. The minimum atomic E-state index is 0.00280. The number of benzene rings is 2. The van der Waals surface area contributed by atoms with E-state index in [9.17, 15) is 4.79 Å². The second kappa shape index (κ2) is 10.2. The number of carbonyl (C=O) groups excluding carboxylic acids is 1. The molecule has 29 heavy (non-hydrogen) atoms. The second-order valence-electron chi connectivity index (χ2n) is 7.87. The van der Waals surface area contributed by atoms with Crippen LogP contribution in [0.15, 0.2) is 48.5 Å². The van der Waals surface area contributed by atoms with Gasteiger partial charge in [-0.2, -0.15) is 0 Å². The average molecular weight is 389 g/mol. The third-order valence-electron chi connectivity index (χ3n) is 5.50. The van der Waals surface area contributed by atoms with E-state index in [1.165, 1.54) is 37.7 Å². The maximum absolute atomic E-state index is 13.1.